The molecule has 2 unspecified atom stereocenters. The van der Waals surface area contributed by atoms with Crippen molar-refractivity contribution in [2.45, 2.75) is 70.6 Å². The maximum atomic E-state index is 12.4. The monoisotopic (exact) mass is 479 g/mol. The number of aromatic amines is 1. The molecule has 8 nitrogen and oxygen atoms in total. The molecule has 1 amide bonds. The number of carbonyl (C=O) groups excluding carboxylic acids is 1. The molecule has 4 rings (SSSR count). The number of carbonyl (C=O) groups is 2. The normalized spacial score (nSPS) is 18.3. The first-order chi connectivity index (χ1) is 16.0. The number of aromatic nitrogens is 4. The number of nitrogens with one attached hydrogen (secondary N) is 2. The highest BCUT2D eigenvalue weighted by Crippen LogP contribution is 2.32. The zero-order chi connectivity index (χ0) is 24.9. The number of aliphatic carboxylic acids is 1. The van der Waals surface area contributed by atoms with Crippen LogP contribution in [0.5, 0.6) is 0 Å². The SMILES string of the molecule is Cc1cc(C)n(CCC(=O)NC2CCCC(c3nc4ccccc4[nH]3)C2)n1.O=C(O)C(F)(F)F. The van der Waals surface area contributed by atoms with Crippen molar-refractivity contribution in [3.05, 3.63) is 47.5 Å². The number of carboxylic acid groups (broad SMARTS) is 1. The number of alkyl halides is 3. The number of H-pyrrole nitrogens is 1. The molecule has 34 heavy (non-hydrogen) atoms. The molecular weight excluding hydrogens is 451 g/mol. The van der Waals surface area contributed by atoms with Crippen LogP contribution in [-0.4, -0.2) is 48.9 Å². The predicted molar refractivity (Wildman–Crippen MR) is 119 cm³/mol. The third-order valence-electron chi connectivity index (χ3n) is 5.73. The van der Waals surface area contributed by atoms with Crippen LogP contribution in [0, 0.1) is 13.8 Å². The van der Waals surface area contributed by atoms with Crippen LogP contribution in [0.1, 0.15) is 55.2 Å². The summed E-state index contributed by atoms with van der Waals surface area (Å²) in [7, 11) is 0. The van der Waals surface area contributed by atoms with Gasteiger partial charge in [-0.2, -0.15) is 18.3 Å². The predicted octanol–water partition coefficient (Wildman–Crippen LogP) is 4.24. The second-order valence-corrected chi connectivity index (χ2v) is 8.47. The Kier molecular flexibility index (Phi) is 7.95. The van der Waals surface area contributed by atoms with Crippen molar-refractivity contribution in [2.75, 3.05) is 0 Å². The van der Waals surface area contributed by atoms with Gasteiger partial charge in [0.2, 0.25) is 5.91 Å². The summed E-state index contributed by atoms with van der Waals surface area (Å²) in [6.07, 6.45) is -0.385. The molecule has 2 heterocycles. The minimum Gasteiger partial charge on any atom is -0.475 e. The minimum absolute atomic E-state index is 0.109. The number of hydrogen-bond donors (Lipinski definition) is 3. The Bertz CT molecular complexity index is 1110. The van der Waals surface area contributed by atoms with Gasteiger partial charge in [-0.3, -0.25) is 9.48 Å². The van der Waals surface area contributed by atoms with Crippen molar-refractivity contribution in [1.29, 1.82) is 0 Å². The molecule has 1 aromatic carbocycles. The van der Waals surface area contributed by atoms with Crippen LogP contribution in [0.25, 0.3) is 11.0 Å². The number of halogens is 3. The maximum Gasteiger partial charge on any atom is 0.490 e. The number of para-hydroxylation sites is 2. The number of rotatable bonds is 5. The lowest BCUT2D eigenvalue weighted by Gasteiger charge is -2.28. The smallest absolute Gasteiger partial charge is 0.475 e. The minimum atomic E-state index is -5.08. The third-order valence-corrected chi connectivity index (χ3v) is 5.73. The number of fused-ring (bicyclic) bond motifs is 1. The van der Waals surface area contributed by atoms with Crippen LogP contribution in [0.4, 0.5) is 13.2 Å². The van der Waals surface area contributed by atoms with Gasteiger partial charge in [0.15, 0.2) is 0 Å². The van der Waals surface area contributed by atoms with Gasteiger partial charge >= 0.3 is 12.1 Å². The Morgan fingerprint density at radius 2 is 1.94 bits per heavy atom. The average molecular weight is 480 g/mol. The van der Waals surface area contributed by atoms with Gasteiger partial charge in [0, 0.05) is 30.6 Å². The van der Waals surface area contributed by atoms with Gasteiger partial charge in [-0.05, 0) is 51.3 Å². The largest absolute Gasteiger partial charge is 0.490 e. The van der Waals surface area contributed by atoms with E-state index in [9.17, 15) is 18.0 Å². The van der Waals surface area contributed by atoms with E-state index in [0.29, 0.717) is 18.9 Å². The molecule has 0 bridgehead atoms. The van der Waals surface area contributed by atoms with Crippen molar-refractivity contribution >= 4 is 22.9 Å². The topological polar surface area (TPSA) is 113 Å². The average Bonchev–Trinajstić information content (AvgIpc) is 3.34. The second-order valence-electron chi connectivity index (χ2n) is 8.47. The molecule has 0 saturated heterocycles. The highest BCUT2D eigenvalue weighted by Gasteiger charge is 2.38. The fourth-order valence-electron chi connectivity index (χ4n) is 4.14. The number of nitrogens with zero attached hydrogens (tertiary/aromatic N) is 3. The highest BCUT2D eigenvalue weighted by molar-refractivity contribution is 5.76. The first-order valence-corrected chi connectivity index (χ1v) is 11.1. The lowest BCUT2D eigenvalue weighted by molar-refractivity contribution is -0.192. The Labute approximate surface area is 194 Å². The molecule has 2 aromatic heterocycles. The van der Waals surface area contributed by atoms with E-state index in [0.717, 1.165) is 53.9 Å². The van der Waals surface area contributed by atoms with Crippen LogP contribution in [0.2, 0.25) is 0 Å². The van der Waals surface area contributed by atoms with Gasteiger partial charge in [0.1, 0.15) is 5.82 Å². The fourth-order valence-corrected chi connectivity index (χ4v) is 4.14. The Balaban J connectivity index is 0.000000406. The summed E-state index contributed by atoms with van der Waals surface area (Å²) < 4.78 is 33.6. The molecule has 1 aliphatic rings. The first-order valence-electron chi connectivity index (χ1n) is 11.1. The summed E-state index contributed by atoms with van der Waals surface area (Å²) in [5.74, 6) is -1.21. The standard InChI is InChI=1S/C21H27N5O.C2HF3O2/c1-14-12-15(2)26(25-14)11-10-20(27)22-17-7-5-6-16(13-17)21-23-18-8-3-4-9-19(18)24-21;3-2(4,5)1(6)7/h3-4,8-9,12,16-17H,5-7,10-11,13H2,1-2H3,(H,22,27)(H,23,24);(H,6,7). The van der Waals surface area contributed by atoms with E-state index in [1.54, 1.807) is 0 Å². The first kappa shape index (κ1) is 25.3. The van der Waals surface area contributed by atoms with Gasteiger partial charge in [0.05, 0.1) is 16.7 Å². The third kappa shape index (κ3) is 6.82. The molecular formula is C23H28F3N5O3. The Morgan fingerprint density at radius 3 is 2.56 bits per heavy atom. The van der Waals surface area contributed by atoms with Crippen LogP contribution < -0.4 is 5.32 Å². The van der Waals surface area contributed by atoms with Gasteiger partial charge in [-0.25, -0.2) is 9.78 Å². The van der Waals surface area contributed by atoms with E-state index >= 15 is 0 Å². The fraction of sp³-hybridized carbons (Fsp3) is 0.478. The van der Waals surface area contributed by atoms with E-state index in [2.05, 4.69) is 21.5 Å². The molecule has 11 heteroatoms. The van der Waals surface area contributed by atoms with Crippen molar-refractivity contribution in [3.63, 3.8) is 0 Å². The van der Waals surface area contributed by atoms with E-state index in [1.807, 2.05) is 42.8 Å². The van der Waals surface area contributed by atoms with Crippen LogP contribution >= 0.6 is 0 Å². The highest BCUT2D eigenvalue weighted by atomic mass is 19.4. The van der Waals surface area contributed by atoms with Crippen LogP contribution in [0.3, 0.4) is 0 Å². The summed E-state index contributed by atoms with van der Waals surface area (Å²) in [5.41, 5.74) is 4.20. The second kappa shape index (κ2) is 10.7. The number of hydrogen-bond acceptors (Lipinski definition) is 4. The molecule has 3 N–H and O–H groups in total. The van der Waals surface area contributed by atoms with Crippen LogP contribution in [-0.2, 0) is 16.1 Å². The molecule has 2 atom stereocenters. The summed E-state index contributed by atoms with van der Waals surface area (Å²) in [6, 6.07) is 10.4. The van der Waals surface area contributed by atoms with E-state index < -0.39 is 12.1 Å². The molecule has 1 saturated carbocycles. The number of amides is 1. The lowest BCUT2D eigenvalue weighted by atomic mass is 9.85. The van der Waals surface area contributed by atoms with Gasteiger partial charge in [0.25, 0.3) is 0 Å². The van der Waals surface area contributed by atoms with Gasteiger partial charge < -0.3 is 15.4 Å². The molecule has 1 aliphatic carbocycles. The quantitative estimate of drug-likeness (QED) is 0.507. The van der Waals surface area contributed by atoms with Crippen molar-refractivity contribution in [3.8, 4) is 0 Å². The van der Waals surface area contributed by atoms with Gasteiger partial charge in [-0.1, -0.05) is 18.6 Å². The van der Waals surface area contributed by atoms with Crippen molar-refractivity contribution in [2.24, 2.45) is 0 Å². The van der Waals surface area contributed by atoms with Crippen LogP contribution in [0.15, 0.2) is 30.3 Å². The molecule has 3 aromatic rings. The van der Waals surface area contributed by atoms with E-state index in [1.165, 1.54) is 0 Å². The molecule has 0 spiro atoms. The van der Waals surface area contributed by atoms with Gasteiger partial charge in [-0.15, -0.1) is 0 Å². The Morgan fingerprint density at radius 1 is 1.24 bits per heavy atom. The lowest BCUT2D eigenvalue weighted by Crippen LogP contribution is -2.38. The van der Waals surface area contributed by atoms with Crippen molar-refractivity contribution < 1.29 is 27.9 Å². The molecule has 1 fully saturated rings. The molecule has 0 aliphatic heterocycles. The summed E-state index contributed by atoms with van der Waals surface area (Å²) >= 11 is 0. The Hall–Kier alpha value is -3.37. The zero-order valence-corrected chi connectivity index (χ0v) is 19.0. The van der Waals surface area contributed by atoms with Crippen molar-refractivity contribution in [1.82, 2.24) is 25.1 Å². The summed E-state index contributed by atoms with van der Waals surface area (Å²) in [5, 5.41) is 14.8. The van der Waals surface area contributed by atoms with E-state index in [-0.39, 0.29) is 11.9 Å². The molecule has 0 radical (unpaired) electrons. The number of aryl methyl sites for hydroxylation is 3. The number of benzene rings is 1. The number of carboxylic acids is 1. The zero-order valence-electron chi connectivity index (χ0n) is 19.0. The summed E-state index contributed by atoms with van der Waals surface area (Å²) in [4.78, 5) is 29.5. The summed E-state index contributed by atoms with van der Waals surface area (Å²) in [6.45, 7) is 4.63. The maximum absolute atomic E-state index is 12.4. The molecule has 184 valence electrons. The van der Waals surface area contributed by atoms with E-state index in [4.69, 9.17) is 14.9 Å². The number of imidazole rings is 1.